The average Bonchev–Trinajstić information content (AvgIpc) is 2.89. The van der Waals surface area contributed by atoms with Crippen LogP contribution in [0.25, 0.3) is 11.0 Å². The third-order valence-electron chi connectivity index (χ3n) is 3.02. The molecule has 4 nitrogen and oxygen atoms in total. The second-order valence-electron chi connectivity index (χ2n) is 4.27. The molecule has 18 heavy (non-hydrogen) atoms. The lowest BCUT2D eigenvalue weighted by Crippen LogP contribution is -2.06. The zero-order chi connectivity index (χ0) is 12.4. The molecule has 1 unspecified atom stereocenters. The summed E-state index contributed by atoms with van der Waals surface area (Å²) in [5.74, 6) is 0. The van der Waals surface area contributed by atoms with Gasteiger partial charge in [-0.15, -0.1) is 0 Å². The lowest BCUT2D eigenvalue weighted by atomic mass is 10.1. The Kier molecular flexibility index (Phi) is 2.68. The van der Waals surface area contributed by atoms with Gasteiger partial charge < -0.3 is 5.32 Å². The Morgan fingerprint density at radius 2 is 1.83 bits per heavy atom. The summed E-state index contributed by atoms with van der Waals surface area (Å²) >= 11 is 0. The van der Waals surface area contributed by atoms with Gasteiger partial charge >= 0.3 is 0 Å². The minimum Gasteiger partial charge on any atom is -0.377 e. The molecular formula is C14H14N4. The van der Waals surface area contributed by atoms with Crippen molar-refractivity contribution >= 4 is 16.7 Å². The first-order chi connectivity index (χ1) is 8.84. The summed E-state index contributed by atoms with van der Waals surface area (Å²) in [6.45, 7) is 2.13. The first-order valence-corrected chi connectivity index (χ1v) is 5.95. The van der Waals surface area contributed by atoms with Crippen molar-refractivity contribution in [3.05, 3.63) is 54.1 Å². The van der Waals surface area contributed by atoms with E-state index in [4.69, 9.17) is 0 Å². The van der Waals surface area contributed by atoms with E-state index < -0.39 is 0 Å². The van der Waals surface area contributed by atoms with Crippen molar-refractivity contribution in [1.29, 1.82) is 0 Å². The van der Waals surface area contributed by atoms with Gasteiger partial charge in [0.05, 0.1) is 5.69 Å². The number of aromatic nitrogens is 3. The van der Waals surface area contributed by atoms with E-state index in [2.05, 4.69) is 39.8 Å². The quantitative estimate of drug-likeness (QED) is 0.737. The molecule has 0 saturated carbocycles. The Morgan fingerprint density at radius 1 is 1.00 bits per heavy atom. The average molecular weight is 238 g/mol. The first kappa shape index (κ1) is 10.8. The van der Waals surface area contributed by atoms with Crippen LogP contribution in [0.3, 0.4) is 0 Å². The van der Waals surface area contributed by atoms with Gasteiger partial charge in [-0.05, 0) is 24.6 Å². The van der Waals surface area contributed by atoms with E-state index in [0.29, 0.717) is 0 Å². The standard InChI is InChI=1S/C14H14N4/c1-10(11-6-3-2-4-7-11)15-12-8-5-9-13-14(12)17-18-16-13/h2-10,15H,1H3,(H,16,17,18). The van der Waals surface area contributed by atoms with E-state index in [0.717, 1.165) is 16.7 Å². The maximum Gasteiger partial charge on any atom is 0.136 e. The smallest absolute Gasteiger partial charge is 0.136 e. The van der Waals surface area contributed by atoms with Crippen molar-refractivity contribution in [3.8, 4) is 0 Å². The summed E-state index contributed by atoms with van der Waals surface area (Å²) in [6.07, 6.45) is 0. The number of hydrogen-bond acceptors (Lipinski definition) is 3. The molecule has 4 heteroatoms. The molecule has 0 amide bonds. The third-order valence-corrected chi connectivity index (χ3v) is 3.02. The van der Waals surface area contributed by atoms with Crippen LogP contribution in [0.5, 0.6) is 0 Å². The molecule has 1 atom stereocenters. The number of nitrogens with zero attached hydrogens (tertiary/aromatic N) is 2. The highest BCUT2D eigenvalue weighted by atomic mass is 15.3. The van der Waals surface area contributed by atoms with Crippen LogP contribution in [0.4, 0.5) is 5.69 Å². The Bertz CT molecular complexity index is 645. The molecule has 0 fully saturated rings. The summed E-state index contributed by atoms with van der Waals surface area (Å²) in [4.78, 5) is 0. The van der Waals surface area contributed by atoms with Gasteiger partial charge in [-0.25, -0.2) is 0 Å². The number of aromatic amines is 1. The molecule has 2 N–H and O–H groups in total. The van der Waals surface area contributed by atoms with Crippen LogP contribution in [0.1, 0.15) is 18.5 Å². The number of fused-ring (bicyclic) bond motifs is 1. The molecule has 1 aromatic heterocycles. The second-order valence-corrected chi connectivity index (χ2v) is 4.27. The highest BCUT2D eigenvalue weighted by Gasteiger charge is 2.08. The minimum atomic E-state index is 0.230. The normalized spacial score (nSPS) is 12.5. The highest BCUT2D eigenvalue weighted by molar-refractivity contribution is 5.87. The van der Waals surface area contributed by atoms with Gasteiger partial charge in [-0.1, -0.05) is 36.4 Å². The molecule has 0 aliphatic heterocycles. The zero-order valence-electron chi connectivity index (χ0n) is 10.1. The minimum absolute atomic E-state index is 0.230. The van der Waals surface area contributed by atoms with E-state index in [1.54, 1.807) is 0 Å². The molecule has 0 bridgehead atoms. The predicted molar refractivity (Wildman–Crippen MR) is 72.4 cm³/mol. The van der Waals surface area contributed by atoms with E-state index in [-0.39, 0.29) is 6.04 Å². The Labute approximate surface area is 105 Å². The molecule has 0 aliphatic rings. The fourth-order valence-electron chi connectivity index (χ4n) is 2.04. The fourth-order valence-corrected chi connectivity index (χ4v) is 2.04. The van der Waals surface area contributed by atoms with Crippen LogP contribution in [-0.2, 0) is 0 Å². The number of H-pyrrole nitrogens is 1. The second kappa shape index (κ2) is 4.49. The number of para-hydroxylation sites is 1. The van der Waals surface area contributed by atoms with Crippen LogP contribution in [0.15, 0.2) is 48.5 Å². The summed E-state index contributed by atoms with van der Waals surface area (Å²) < 4.78 is 0. The number of hydrogen-bond donors (Lipinski definition) is 2. The van der Waals surface area contributed by atoms with Crippen molar-refractivity contribution in [2.24, 2.45) is 0 Å². The highest BCUT2D eigenvalue weighted by Crippen LogP contribution is 2.24. The molecular weight excluding hydrogens is 224 g/mol. The lowest BCUT2D eigenvalue weighted by molar-refractivity contribution is 0.885. The molecule has 0 saturated heterocycles. The molecule has 3 aromatic rings. The zero-order valence-corrected chi connectivity index (χ0v) is 10.1. The topological polar surface area (TPSA) is 53.6 Å². The van der Waals surface area contributed by atoms with Crippen molar-refractivity contribution in [3.63, 3.8) is 0 Å². The third kappa shape index (κ3) is 1.93. The molecule has 1 heterocycles. The van der Waals surface area contributed by atoms with E-state index in [1.165, 1.54) is 5.56 Å². The van der Waals surface area contributed by atoms with Crippen LogP contribution in [0.2, 0.25) is 0 Å². The number of rotatable bonds is 3. The SMILES string of the molecule is CC(Nc1cccc2n[nH]nc12)c1ccccc1. The molecule has 2 aromatic carbocycles. The van der Waals surface area contributed by atoms with Gasteiger partial charge in [0.25, 0.3) is 0 Å². The Morgan fingerprint density at radius 3 is 2.67 bits per heavy atom. The van der Waals surface area contributed by atoms with Crippen LogP contribution >= 0.6 is 0 Å². The maximum absolute atomic E-state index is 4.17. The molecule has 0 spiro atoms. The van der Waals surface area contributed by atoms with Gasteiger partial charge in [-0.2, -0.15) is 15.4 Å². The lowest BCUT2D eigenvalue weighted by Gasteiger charge is -2.15. The molecule has 3 rings (SSSR count). The van der Waals surface area contributed by atoms with Gasteiger partial charge in [0.15, 0.2) is 0 Å². The fraction of sp³-hybridized carbons (Fsp3) is 0.143. The predicted octanol–water partition coefficient (Wildman–Crippen LogP) is 3.13. The Balaban J connectivity index is 1.91. The molecule has 90 valence electrons. The largest absolute Gasteiger partial charge is 0.377 e. The van der Waals surface area contributed by atoms with Crippen LogP contribution in [0, 0.1) is 0 Å². The van der Waals surface area contributed by atoms with Gasteiger partial charge in [0.2, 0.25) is 0 Å². The Hall–Kier alpha value is -2.36. The van der Waals surface area contributed by atoms with Gasteiger partial charge in [0.1, 0.15) is 11.0 Å². The van der Waals surface area contributed by atoms with Crippen molar-refractivity contribution in [2.75, 3.05) is 5.32 Å². The molecule has 0 aliphatic carbocycles. The van der Waals surface area contributed by atoms with E-state index >= 15 is 0 Å². The summed E-state index contributed by atoms with van der Waals surface area (Å²) in [5.41, 5.74) is 4.00. The van der Waals surface area contributed by atoms with Crippen LogP contribution in [-0.4, -0.2) is 15.4 Å². The number of anilines is 1. The molecule has 0 radical (unpaired) electrons. The maximum atomic E-state index is 4.17. The van der Waals surface area contributed by atoms with E-state index in [9.17, 15) is 0 Å². The first-order valence-electron chi connectivity index (χ1n) is 5.95. The van der Waals surface area contributed by atoms with Crippen LogP contribution < -0.4 is 5.32 Å². The summed E-state index contributed by atoms with van der Waals surface area (Å²) in [6, 6.07) is 16.5. The monoisotopic (exact) mass is 238 g/mol. The van der Waals surface area contributed by atoms with E-state index in [1.807, 2.05) is 36.4 Å². The number of benzene rings is 2. The van der Waals surface area contributed by atoms with Crippen molar-refractivity contribution < 1.29 is 0 Å². The van der Waals surface area contributed by atoms with Gasteiger partial charge in [-0.3, -0.25) is 0 Å². The van der Waals surface area contributed by atoms with Gasteiger partial charge in [0, 0.05) is 6.04 Å². The summed E-state index contributed by atoms with van der Waals surface area (Å²) in [7, 11) is 0. The van der Waals surface area contributed by atoms with Crippen molar-refractivity contribution in [2.45, 2.75) is 13.0 Å². The van der Waals surface area contributed by atoms with Crippen molar-refractivity contribution in [1.82, 2.24) is 15.4 Å². The number of nitrogens with one attached hydrogen (secondary N) is 2. The summed E-state index contributed by atoms with van der Waals surface area (Å²) in [5, 5.41) is 14.4.